The van der Waals surface area contributed by atoms with Crippen LogP contribution in [0.2, 0.25) is 0 Å². The second kappa shape index (κ2) is 10.8. The van der Waals surface area contributed by atoms with E-state index in [9.17, 15) is 19.2 Å². The zero-order valence-corrected chi connectivity index (χ0v) is 20.0. The average molecular weight is 502 g/mol. The Kier molecular flexibility index (Phi) is 7.36. The van der Waals surface area contributed by atoms with Crippen LogP contribution in [0.15, 0.2) is 65.1 Å². The first-order valence-electron chi connectivity index (χ1n) is 11.3. The number of hydrogen-bond acceptors (Lipinski definition) is 8. The van der Waals surface area contributed by atoms with Crippen molar-refractivity contribution in [2.75, 3.05) is 24.6 Å². The third kappa shape index (κ3) is 4.93. The van der Waals surface area contributed by atoms with Crippen LogP contribution in [-0.2, 0) is 4.79 Å². The van der Waals surface area contributed by atoms with Gasteiger partial charge in [-0.1, -0.05) is 30.3 Å². The maximum absolute atomic E-state index is 14.8. The number of aromatic amines is 1. The SMILES string of the molecule is C=N/C=C\N(N)c1ncc(F)c2c(C(=O)C(=O)N3CCN(C(=NC#N)c4ccccc4)C[C@H]3C)c[nH]c12. The lowest BCUT2D eigenvalue weighted by Crippen LogP contribution is -2.57. The van der Waals surface area contributed by atoms with Crippen LogP contribution in [0.4, 0.5) is 10.2 Å². The Morgan fingerprint density at radius 2 is 2.11 bits per heavy atom. The van der Waals surface area contributed by atoms with Crippen molar-refractivity contribution in [1.29, 1.82) is 5.26 Å². The Balaban J connectivity index is 1.57. The number of ketones is 1. The van der Waals surface area contributed by atoms with Gasteiger partial charge in [0, 0.05) is 49.8 Å². The number of carbonyl (C=O) groups is 2. The highest BCUT2D eigenvalue weighted by molar-refractivity contribution is 6.45. The number of aliphatic imine (C=N–C) groups is 2. The van der Waals surface area contributed by atoms with Crippen molar-refractivity contribution < 1.29 is 14.0 Å². The summed E-state index contributed by atoms with van der Waals surface area (Å²) < 4.78 is 14.8. The lowest BCUT2D eigenvalue weighted by atomic mass is 10.1. The van der Waals surface area contributed by atoms with Crippen molar-refractivity contribution >= 4 is 41.0 Å². The lowest BCUT2D eigenvalue weighted by molar-refractivity contribution is -0.130. The largest absolute Gasteiger partial charge is 0.357 e. The Morgan fingerprint density at radius 1 is 1.35 bits per heavy atom. The standard InChI is InChI=1S/C25H24FN9O2/c1-16-14-33(23(32-15-27)17-6-4-3-5-7-17)10-11-34(16)25(37)22(36)18-12-30-21-20(18)19(26)13-31-24(21)35(28)9-8-29-2/h3-9,12-13,16,30H,2,10-11,14,28H2,1H3/b9-8-,32-23?/t16-/m1/s1. The van der Waals surface area contributed by atoms with Crippen molar-refractivity contribution in [3.05, 3.63) is 72.1 Å². The summed E-state index contributed by atoms with van der Waals surface area (Å²) in [7, 11) is 0. The van der Waals surface area contributed by atoms with E-state index in [-0.39, 0.29) is 34.9 Å². The molecule has 4 rings (SSSR count). The summed E-state index contributed by atoms with van der Waals surface area (Å²) >= 11 is 0. The fourth-order valence-corrected chi connectivity index (χ4v) is 4.31. The number of halogens is 1. The molecular formula is C25H24FN9O2. The van der Waals surface area contributed by atoms with E-state index in [1.54, 1.807) is 6.92 Å². The minimum atomic E-state index is -0.858. The molecule has 11 nitrogen and oxygen atoms in total. The lowest BCUT2D eigenvalue weighted by Gasteiger charge is -2.40. The molecule has 0 bridgehead atoms. The summed E-state index contributed by atoms with van der Waals surface area (Å²) in [6.07, 6.45) is 6.73. The molecule has 3 aromatic rings. The van der Waals surface area contributed by atoms with Crippen LogP contribution < -0.4 is 10.9 Å². The second-order valence-electron chi connectivity index (χ2n) is 8.29. The highest BCUT2D eigenvalue weighted by Gasteiger charge is 2.34. The molecule has 12 heteroatoms. The number of aromatic nitrogens is 2. The molecule has 1 aliphatic heterocycles. The van der Waals surface area contributed by atoms with Crippen molar-refractivity contribution in [2.45, 2.75) is 13.0 Å². The molecule has 1 atom stereocenters. The normalized spacial score (nSPS) is 16.2. The van der Waals surface area contributed by atoms with Gasteiger partial charge in [-0.2, -0.15) is 10.3 Å². The van der Waals surface area contributed by atoms with Crippen LogP contribution in [0.3, 0.4) is 0 Å². The first-order valence-corrected chi connectivity index (χ1v) is 11.3. The zero-order chi connectivity index (χ0) is 26.5. The number of carbonyl (C=O) groups excluding carboxylic acids is 2. The fraction of sp³-hybridized carbons (Fsp3) is 0.200. The van der Waals surface area contributed by atoms with Crippen LogP contribution >= 0.6 is 0 Å². The van der Waals surface area contributed by atoms with E-state index in [2.05, 4.69) is 26.7 Å². The third-order valence-electron chi connectivity index (χ3n) is 6.03. The van der Waals surface area contributed by atoms with Crippen molar-refractivity contribution in [1.82, 2.24) is 19.8 Å². The summed E-state index contributed by atoms with van der Waals surface area (Å²) in [5.41, 5.74) is 0.815. The number of Topliss-reactive ketones (excluding diaryl/α,β-unsaturated/α-hetero) is 1. The number of hydrazine groups is 1. The van der Waals surface area contributed by atoms with Crippen LogP contribution in [0, 0.1) is 17.3 Å². The van der Waals surface area contributed by atoms with E-state index in [0.29, 0.717) is 18.9 Å². The van der Waals surface area contributed by atoms with Gasteiger partial charge < -0.3 is 14.8 Å². The number of nitrogens with two attached hydrogens (primary N) is 1. The van der Waals surface area contributed by atoms with Gasteiger partial charge in [0.2, 0.25) is 6.19 Å². The summed E-state index contributed by atoms with van der Waals surface area (Å²) in [6, 6.07) is 8.89. The van der Waals surface area contributed by atoms with Gasteiger partial charge in [-0.3, -0.25) is 19.6 Å². The molecule has 0 radical (unpaired) electrons. The molecule has 3 N–H and O–H groups in total. The van der Waals surface area contributed by atoms with Crippen molar-refractivity contribution in [2.24, 2.45) is 15.8 Å². The molecule has 3 heterocycles. The Morgan fingerprint density at radius 3 is 2.78 bits per heavy atom. The van der Waals surface area contributed by atoms with Gasteiger partial charge >= 0.3 is 0 Å². The molecule has 0 saturated carbocycles. The van der Waals surface area contributed by atoms with Crippen LogP contribution in [0.25, 0.3) is 10.9 Å². The number of nitriles is 1. The molecular weight excluding hydrogens is 477 g/mol. The highest BCUT2D eigenvalue weighted by Crippen LogP contribution is 2.29. The number of amides is 1. The van der Waals surface area contributed by atoms with Crippen LogP contribution in [0.1, 0.15) is 22.8 Å². The molecule has 1 aromatic carbocycles. The molecule has 37 heavy (non-hydrogen) atoms. The number of piperazine rings is 1. The van der Waals surface area contributed by atoms with Gasteiger partial charge in [-0.15, -0.1) is 0 Å². The Labute approximate surface area is 212 Å². The van der Waals surface area contributed by atoms with E-state index in [1.165, 1.54) is 23.5 Å². The van der Waals surface area contributed by atoms with E-state index >= 15 is 0 Å². The average Bonchev–Trinajstić information content (AvgIpc) is 3.36. The Hall–Kier alpha value is -4.89. The quantitative estimate of drug-likeness (QED) is 0.100. The first-order chi connectivity index (χ1) is 17.9. The highest BCUT2D eigenvalue weighted by atomic mass is 19.1. The molecule has 2 aromatic heterocycles. The van der Waals surface area contributed by atoms with E-state index in [0.717, 1.165) is 16.8 Å². The number of nitrogens with zero attached hydrogens (tertiary/aromatic N) is 7. The number of rotatable bonds is 6. The van der Waals surface area contributed by atoms with Gasteiger partial charge in [-0.25, -0.2) is 15.2 Å². The summed E-state index contributed by atoms with van der Waals surface area (Å²) in [5, 5.41) is 10.2. The van der Waals surface area contributed by atoms with E-state index < -0.39 is 17.5 Å². The summed E-state index contributed by atoms with van der Waals surface area (Å²) in [4.78, 5) is 44.2. The van der Waals surface area contributed by atoms with Crippen molar-refractivity contribution in [3.8, 4) is 6.19 Å². The smallest absolute Gasteiger partial charge is 0.295 e. The van der Waals surface area contributed by atoms with E-state index in [4.69, 9.17) is 5.84 Å². The maximum atomic E-state index is 14.8. The predicted molar refractivity (Wildman–Crippen MR) is 137 cm³/mol. The molecule has 1 amide bonds. The van der Waals surface area contributed by atoms with Gasteiger partial charge in [0.05, 0.1) is 22.7 Å². The number of H-pyrrole nitrogens is 1. The molecule has 1 saturated heterocycles. The van der Waals surface area contributed by atoms with Gasteiger partial charge in [-0.05, 0) is 13.6 Å². The van der Waals surface area contributed by atoms with Gasteiger partial charge in [0.1, 0.15) is 5.84 Å². The third-order valence-corrected chi connectivity index (χ3v) is 6.03. The second-order valence-corrected chi connectivity index (χ2v) is 8.29. The predicted octanol–water partition coefficient (Wildman–Crippen LogP) is 2.20. The number of amidine groups is 1. The summed E-state index contributed by atoms with van der Waals surface area (Å²) in [6.45, 7) is 6.06. The number of fused-ring (bicyclic) bond motifs is 1. The Bertz CT molecular complexity index is 1440. The summed E-state index contributed by atoms with van der Waals surface area (Å²) in [5.74, 6) is 4.18. The molecule has 1 fully saturated rings. The number of benzene rings is 1. The fourth-order valence-electron chi connectivity index (χ4n) is 4.31. The van der Waals surface area contributed by atoms with Crippen molar-refractivity contribution in [3.63, 3.8) is 0 Å². The molecule has 1 aliphatic rings. The minimum Gasteiger partial charge on any atom is -0.357 e. The monoisotopic (exact) mass is 501 g/mol. The molecule has 188 valence electrons. The number of pyridine rings is 1. The van der Waals surface area contributed by atoms with Crippen LogP contribution in [-0.4, -0.2) is 69.7 Å². The molecule has 0 spiro atoms. The van der Waals surface area contributed by atoms with Gasteiger partial charge in [0.25, 0.3) is 11.7 Å². The first kappa shape index (κ1) is 25.2. The molecule has 0 aliphatic carbocycles. The molecule has 0 unspecified atom stereocenters. The van der Waals surface area contributed by atoms with Gasteiger partial charge in [0.15, 0.2) is 11.6 Å². The van der Waals surface area contributed by atoms with Crippen LogP contribution in [0.5, 0.6) is 0 Å². The van der Waals surface area contributed by atoms with E-state index in [1.807, 2.05) is 41.4 Å². The number of hydrogen-bond donors (Lipinski definition) is 2. The topological polar surface area (TPSA) is 147 Å². The minimum absolute atomic E-state index is 0.0856. The number of anilines is 1. The zero-order valence-electron chi connectivity index (χ0n) is 20.0. The maximum Gasteiger partial charge on any atom is 0.295 e. The number of nitrogens with one attached hydrogen (secondary N) is 1.